The van der Waals surface area contributed by atoms with Crippen LogP contribution < -0.4 is 5.73 Å². The fourth-order valence-electron chi connectivity index (χ4n) is 2.27. The van der Waals surface area contributed by atoms with Crippen LogP contribution in [0.2, 0.25) is 0 Å². The van der Waals surface area contributed by atoms with Crippen molar-refractivity contribution in [3.8, 4) is 0 Å². The quantitative estimate of drug-likeness (QED) is 0.844. The molecule has 0 spiro atoms. The molecule has 1 aliphatic carbocycles. The first kappa shape index (κ1) is 11.6. The first-order valence-corrected chi connectivity index (χ1v) is 6.28. The Morgan fingerprint density at radius 1 is 1.12 bits per heavy atom. The molecule has 0 radical (unpaired) electrons. The Labute approximate surface area is 97.8 Å². The van der Waals surface area contributed by atoms with Gasteiger partial charge in [-0.15, -0.1) is 0 Å². The van der Waals surface area contributed by atoms with E-state index in [2.05, 4.69) is 12.1 Å². The van der Waals surface area contributed by atoms with Gasteiger partial charge in [0.15, 0.2) is 0 Å². The van der Waals surface area contributed by atoms with Crippen LogP contribution in [0, 0.1) is 0 Å². The summed E-state index contributed by atoms with van der Waals surface area (Å²) in [6.07, 6.45) is 6.85. The van der Waals surface area contributed by atoms with E-state index in [0.29, 0.717) is 12.7 Å². The highest BCUT2D eigenvalue weighted by Gasteiger charge is 2.15. The number of rotatable bonds is 4. The van der Waals surface area contributed by atoms with Gasteiger partial charge >= 0.3 is 0 Å². The molecule has 1 fully saturated rings. The first-order valence-electron chi connectivity index (χ1n) is 6.28. The topological polar surface area (TPSA) is 35.2 Å². The molecule has 0 aliphatic heterocycles. The van der Waals surface area contributed by atoms with Crippen LogP contribution in [-0.4, -0.2) is 12.7 Å². The van der Waals surface area contributed by atoms with Crippen molar-refractivity contribution in [2.24, 2.45) is 5.73 Å². The van der Waals surface area contributed by atoms with Gasteiger partial charge in [0.25, 0.3) is 0 Å². The van der Waals surface area contributed by atoms with E-state index in [-0.39, 0.29) is 6.04 Å². The predicted molar refractivity (Wildman–Crippen MR) is 66.2 cm³/mol. The molecule has 1 aliphatic rings. The van der Waals surface area contributed by atoms with Crippen molar-refractivity contribution in [3.05, 3.63) is 35.9 Å². The molecule has 2 N–H and O–H groups in total. The maximum Gasteiger partial charge on any atom is 0.0663 e. The lowest BCUT2D eigenvalue weighted by Gasteiger charge is -2.23. The van der Waals surface area contributed by atoms with Gasteiger partial charge in [0, 0.05) is 0 Å². The summed E-state index contributed by atoms with van der Waals surface area (Å²) < 4.78 is 5.87. The summed E-state index contributed by atoms with van der Waals surface area (Å²) in [4.78, 5) is 0. The van der Waals surface area contributed by atoms with E-state index in [1.54, 1.807) is 0 Å². The van der Waals surface area contributed by atoms with Crippen molar-refractivity contribution >= 4 is 0 Å². The van der Waals surface area contributed by atoms with E-state index in [1.807, 2.05) is 18.2 Å². The molecule has 2 heteroatoms. The molecule has 0 aromatic heterocycles. The van der Waals surface area contributed by atoms with Gasteiger partial charge in [0.2, 0.25) is 0 Å². The third-order valence-corrected chi connectivity index (χ3v) is 3.29. The van der Waals surface area contributed by atoms with Gasteiger partial charge in [-0.1, -0.05) is 49.6 Å². The standard InChI is InChI=1S/C14H21NO/c15-14(12-7-3-1-4-8-12)11-16-13-9-5-2-6-10-13/h1,3-4,7-8,13-14H,2,5-6,9-11,15H2. The molecule has 1 aromatic rings. The maximum atomic E-state index is 6.09. The Morgan fingerprint density at radius 3 is 2.50 bits per heavy atom. The molecular formula is C14H21NO. The minimum Gasteiger partial charge on any atom is -0.376 e. The van der Waals surface area contributed by atoms with Gasteiger partial charge in [-0.3, -0.25) is 0 Å². The van der Waals surface area contributed by atoms with Crippen LogP contribution in [-0.2, 0) is 4.74 Å². The van der Waals surface area contributed by atoms with Crippen LogP contribution in [0.4, 0.5) is 0 Å². The minimum atomic E-state index is 0.0168. The Bertz CT molecular complexity index is 293. The molecule has 0 heterocycles. The normalized spacial score (nSPS) is 19.6. The van der Waals surface area contributed by atoms with Gasteiger partial charge in [-0.05, 0) is 18.4 Å². The van der Waals surface area contributed by atoms with Crippen LogP contribution in [0.1, 0.15) is 43.7 Å². The van der Waals surface area contributed by atoms with Gasteiger partial charge in [0.1, 0.15) is 0 Å². The zero-order chi connectivity index (χ0) is 11.2. The van der Waals surface area contributed by atoms with E-state index in [1.165, 1.54) is 37.7 Å². The van der Waals surface area contributed by atoms with Crippen molar-refractivity contribution in [2.45, 2.75) is 44.2 Å². The average molecular weight is 219 g/mol. The molecule has 88 valence electrons. The first-order chi connectivity index (χ1) is 7.86. The highest BCUT2D eigenvalue weighted by molar-refractivity contribution is 5.18. The molecule has 1 atom stereocenters. The van der Waals surface area contributed by atoms with Crippen LogP contribution in [0.3, 0.4) is 0 Å². The van der Waals surface area contributed by atoms with Crippen LogP contribution in [0.5, 0.6) is 0 Å². The summed E-state index contributed by atoms with van der Waals surface area (Å²) in [5, 5.41) is 0. The van der Waals surface area contributed by atoms with E-state index in [0.717, 1.165) is 0 Å². The number of hydrogen-bond donors (Lipinski definition) is 1. The fourth-order valence-corrected chi connectivity index (χ4v) is 2.27. The number of hydrogen-bond acceptors (Lipinski definition) is 2. The lowest BCUT2D eigenvalue weighted by atomic mass is 9.98. The van der Waals surface area contributed by atoms with Crippen molar-refractivity contribution in [1.82, 2.24) is 0 Å². The zero-order valence-electron chi connectivity index (χ0n) is 9.77. The Morgan fingerprint density at radius 2 is 1.81 bits per heavy atom. The summed E-state index contributed by atoms with van der Waals surface area (Å²) in [6.45, 7) is 0.648. The van der Waals surface area contributed by atoms with Crippen LogP contribution in [0.15, 0.2) is 30.3 Å². The van der Waals surface area contributed by atoms with Crippen molar-refractivity contribution < 1.29 is 4.74 Å². The smallest absolute Gasteiger partial charge is 0.0663 e. The van der Waals surface area contributed by atoms with Gasteiger partial charge in [-0.2, -0.15) is 0 Å². The van der Waals surface area contributed by atoms with Gasteiger partial charge in [-0.25, -0.2) is 0 Å². The lowest BCUT2D eigenvalue weighted by molar-refractivity contribution is 0.0206. The average Bonchev–Trinajstić information content (AvgIpc) is 2.38. The Hall–Kier alpha value is -0.860. The van der Waals surface area contributed by atoms with E-state index in [4.69, 9.17) is 10.5 Å². The van der Waals surface area contributed by atoms with E-state index >= 15 is 0 Å². The molecule has 2 rings (SSSR count). The highest BCUT2D eigenvalue weighted by Crippen LogP contribution is 2.21. The molecule has 0 amide bonds. The van der Waals surface area contributed by atoms with Crippen LogP contribution >= 0.6 is 0 Å². The predicted octanol–water partition coefficient (Wildman–Crippen LogP) is 3.04. The molecule has 0 bridgehead atoms. The lowest BCUT2D eigenvalue weighted by Crippen LogP contribution is -2.23. The van der Waals surface area contributed by atoms with Gasteiger partial charge in [0.05, 0.1) is 18.8 Å². The summed E-state index contributed by atoms with van der Waals surface area (Å²) >= 11 is 0. The number of nitrogens with two attached hydrogens (primary N) is 1. The minimum absolute atomic E-state index is 0.0168. The van der Waals surface area contributed by atoms with Crippen molar-refractivity contribution in [3.63, 3.8) is 0 Å². The second kappa shape index (κ2) is 6.02. The van der Waals surface area contributed by atoms with Crippen LogP contribution in [0.25, 0.3) is 0 Å². The second-order valence-corrected chi connectivity index (χ2v) is 4.61. The fraction of sp³-hybridized carbons (Fsp3) is 0.571. The molecular weight excluding hydrogens is 198 g/mol. The molecule has 1 unspecified atom stereocenters. The number of benzene rings is 1. The monoisotopic (exact) mass is 219 g/mol. The molecule has 0 saturated heterocycles. The summed E-state index contributed by atoms with van der Waals surface area (Å²) in [5.74, 6) is 0. The van der Waals surface area contributed by atoms with E-state index < -0.39 is 0 Å². The third-order valence-electron chi connectivity index (χ3n) is 3.29. The highest BCUT2D eigenvalue weighted by atomic mass is 16.5. The van der Waals surface area contributed by atoms with Crippen molar-refractivity contribution in [1.29, 1.82) is 0 Å². The van der Waals surface area contributed by atoms with Crippen molar-refractivity contribution in [2.75, 3.05) is 6.61 Å². The molecule has 1 saturated carbocycles. The maximum absolute atomic E-state index is 6.09. The summed E-state index contributed by atoms with van der Waals surface area (Å²) in [5.41, 5.74) is 7.25. The van der Waals surface area contributed by atoms with E-state index in [9.17, 15) is 0 Å². The third kappa shape index (κ3) is 3.32. The molecule has 2 nitrogen and oxygen atoms in total. The summed E-state index contributed by atoms with van der Waals surface area (Å²) in [7, 11) is 0. The molecule has 16 heavy (non-hydrogen) atoms. The second-order valence-electron chi connectivity index (χ2n) is 4.61. The summed E-state index contributed by atoms with van der Waals surface area (Å²) in [6, 6.07) is 10.2. The SMILES string of the molecule is NC(COC1CCCCC1)c1ccccc1. The Kier molecular flexibility index (Phi) is 4.37. The Balaban J connectivity index is 1.77. The molecule has 1 aromatic carbocycles. The largest absolute Gasteiger partial charge is 0.376 e. The number of ether oxygens (including phenoxy) is 1. The zero-order valence-corrected chi connectivity index (χ0v) is 9.77. The van der Waals surface area contributed by atoms with Gasteiger partial charge < -0.3 is 10.5 Å².